The molecule has 107 heavy (non-hydrogen) atoms. The van der Waals surface area contributed by atoms with Gasteiger partial charge < -0.3 is 33.8 Å². The first-order valence-electron chi connectivity index (χ1n) is 45.5. The van der Waals surface area contributed by atoms with Crippen molar-refractivity contribution < 1.29 is 80.2 Å². The minimum atomic E-state index is -4.97. The Morgan fingerprint density at radius 3 is 0.710 bits per heavy atom. The van der Waals surface area contributed by atoms with Crippen LogP contribution in [0.5, 0.6) is 0 Å². The average Bonchev–Trinajstić information content (AvgIpc) is 0.902. The van der Waals surface area contributed by atoms with E-state index in [1.54, 1.807) is 0 Å². The quantitative estimate of drug-likeness (QED) is 0.0222. The molecule has 0 saturated carbocycles. The van der Waals surface area contributed by atoms with E-state index in [0.29, 0.717) is 25.7 Å². The van der Waals surface area contributed by atoms with E-state index < -0.39 is 97.5 Å². The normalized spacial score (nSPS) is 14.0. The molecule has 17 nitrogen and oxygen atoms in total. The lowest BCUT2D eigenvalue weighted by molar-refractivity contribution is -0.161. The molecule has 0 heterocycles. The zero-order valence-electron chi connectivity index (χ0n) is 70.5. The van der Waals surface area contributed by atoms with Gasteiger partial charge in [-0.05, 0) is 37.5 Å². The molecule has 0 aliphatic carbocycles. The SMILES string of the molecule is CCCCCCCCCCCCCCCCCCCC(=O)O[C@H](COC(=O)CCCCCCCCCCC)COP(=O)(O)OC[C@H](O)COP(=O)(O)OC[C@@H](COC(=O)CCCCCCCCCCCCCCCCCCC(C)C)OC(=O)CCCCCCCCCCCCCCCCCCCCC(C)CC. The Balaban J connectivity index is 5.20. The molecule has 0 amide bonds. The smallest absolute Gasteiger partial charge is 0.462 e. The molecule has 19 heteroatoms. The highest BCUT2D eigenvalue weighted by Gasteiger charge is 2.31. The van der Waals surface area contributed by atoms with Gasteiger partial charge in [-0.25, -0.2) is 9.13 Å². The first-order valence-corrected chi connectivity index (χ1v) is 48.5. The summed E-state index contributed by atoms with van der Waals surface area (Å²) in [6.07, 6.45) is 72.2. The van der Waals surface area contributed by atoms with E-state index in [-0.39, 0.29) is 25.7 Å². The molecule has 0 aromatic rings. The van der Waals surface area contributed by atoms with E-state index in [2.05, 4.69) is 41.5 Å². The minimum absolute atomic E-state index is 0.109. The molecule has 3 unspecified atom stereocenters. The predicted octanol–water partition coefficient (Wildman–Crippen LogP) is 27.0. The summed E-state index contributed by atoms with van der Waals surface area (Å²) in [7, 11) is -9.93. The molecule has 0 saturated heterocycles. The lowest BCUT2D eigenvalue weighted by Gasteiger charge is -2.21. The van der Waals surface area contributed by atoms with Crippen molar-refractivity contribution in [2.45, 2.75) is 490 Å². The summed E-state index contributed by atoms with van der Waals surface area (Å²) in [5, 5.41) is 10.7. The van der Waals surface area contributed by atoms with Crippen LogP contribution >= 0.6 is 15.6 Å². The van der Waals surface area contributed by atoms with E-state index in [0.717, 1.165) is 102 Å². The van der Waals surface area contributed by atoms with Crippen molar-refractivity contribution in [2.24, 2.45) is 11.8 Å². The Bertz CT molecular complexity index is 2050. The third-order valence-electron chi connectivity index (χ3n) is 21.1. The maximum absolute atomic E-state index is 13.2. The van der Waals surface area contributed by atoms with Crippen LogP contribution in [0.2, 0.25) is 0 Å². The average molecular weight is 1560 g/mol. The minimum Gasteiger partial charge on any atom is -0.462 e. The van der Waals surface area contributed by atoms with Gasteiger partial charge in [-0.15, -0.1) is 0 Å². The summed E-state index contributed by atoms with van der Waals surface area (Å²) in [5.41, 5.74) is 0. The van der Waals surface area contributed by atoms with Crippen LogP contribution in [0.3, 0.4) is 0 Å². The lowest BCUT2D eigenvalue weighted by atomic mass is 9.99. The summed E-state index contributed by atoms with van der Waals surface area (Å²) in [6, 6.07) is 0. The van der Waals surface area contributed by atoms with Crippen molar-refractivity contribution in [3.05, 3.63) is 0 Å². The van der Waals surface area contributed by atoms with Crippen LogP contribution in [0.25, 0.3) is 0 Å². The number of ether oxygens (including phenoxy) is 4. The number of carbonyl (C=O) groups excluding carboxylic acids is 4. The van der Waals surface area contributed by atoms with Gasteiger partial charge in [0, 0.05) is 25.7 Å². The summed E-state index contributed by atoms with van der Waals surface area (Å²) >= 11 is 0. The van der Waals surface area contributed by atoms with Crippen LogP contribution in [-0.2, 0) is 65.4 Å². The van der Waals surface area contributed by atoms with Crippen molar-refractivity contribution in [1.82, 2.24) is 0 Å². The van der Waals surface area contributed by atoms with Gasteiger partial charge in [-0.3, -0.25) is 37.3 Å². The fourth-order valence-electron chi connectivity index (χ4n) is 13.7. The van der Waals surface area contributed by atoms with Crippen molar-refractivity contribution in [3.63, 3.8) is 0 Å². The molecule has 0 aromatic heterocycles. The summed E-state index contributed by atoms with van der Waals surface area (Å²) in [6.45, 7) is 9.77. The number of aliphatic hydroxyl groups is 1. The van der Waals surface area contributed by atoms with Crippen molar-refractivity contribution >= 4 is 39.5 Å². The Hall–Kier alpha value is -1.94. The van der Waals surface area contributed by atoms with E-state index in [4.69, 9.17) is 37.0 Å². The second kappa shape index (κ2) is 79.3. The van der Waals surface area contributed by atoms with E-state index in [9.17, 15) is 43.2 Å². The lowest BCUT2D eigenvalue weighted by Crippen LogP contribution is -2.30. The topological polar surface area (TPSA) is 237 Å². The van der Waals surface area contributed by atoms with Gasteiger partial charge in [-0.2, -0.15) is 0 Å². The fraction of sp³-hybridized carbons (Fsp3) is 0.955. The molecule has 6 atom stereocenters. The van der Waals surface area contributed by atoms with Crippen LogP contribution in [-0.4, -0.2) is 96.7 Å². The molecule has 3 N–H and O–H groups in total. The largest absolute Gasteiger partial charge is 0.472 e. The Kier molecular flexibility index (Phi) is 77.9. The van der Waals surface area contributed by atoms with E-state index >= 15 is 0 Å². The van der Waals surface area contributed by atoms with E-state index in [1.165, 1.54) is 289 Å². The van der Waals surface area contributed by atoms with Crippen molar-refractivity contribution in [3.8, 4) is 0 Å². The summed E-state index contributed by atoms with van der Waals surface area (Å²) < 4.78 is 68.9. The van der Waals surface area contributed by atoms with Gasteiger partial charge in [0.1, 0.15) is 19.3 Å². The maximum Gasteiger partial charge on any atom is 0.472 e. The van der Waals surface area contributed by atoms with Crippen LogP contribution in [0.15, 0.2) is 0 Å². The molecule has 0 radical (unpaired) electrons. The maximum atomic E-state index is 13.2. The fourth-order valence-corrected chi connectivity index (χ4v) is 15.3. The van der Waals surface area contributed by atoms with Crippen LogP contribution < -0.4 is 0 Å². The molecule has 0 aromatic carbocycles. The van der Waals surface area contributed by atoms with Gasteiger partial charge in [-0.1, -0.05) is 420 Å². The highest BCUT2D eigenvalue weighted by Crippen LogP contribution is 2.45. The number of phosphoric acid groups is 2. The Morgan fingerprint density at radius 1 is 0.271 bits per heavy atom. The third-order valence-corrected chi connectivity index (χ3v) is 23.0. The Labute approximate surface area is 658 Å². The number of unbranched alkanes of at least 4 members (excludes halogenated alkanes) is 56. The number of rotatable bonds is 87. The van der Waals surface area contributed by atoms with Gasteiger partial charge in [0.05, 0.1) is 26.4 Å². The van der Waals surface area contributed by atoms with E-state index in [1.807, 2.05) is 0 Å². The second-order valence-corrected chi connectivity index (χ2v) is 35.3. The Morgan fingerprint density at radius 2 is 0.477 bits per heavy atom. The second-order valence-electron chi connectivity index (χ2n) is 32.4. The summed E-state index contributed by atoms with van der Waals surface area (Å²) in [4.78, 5) is 73.2. The zero-order chi connectivity index (χ0) is 78.5. The predicted molar refractivity (Wildman–Crippen MR) is 442 cm³/mol. The van der Waals surface area contributed by atoms with Crippen molar-refractivity contribution in [2.75, 3.05) is 39.6 Å². The highest BCUT2D eigenvalue weighted by molar-refractivity contribution is 7.47. The van der Waals surface area contributed by atoms with Crippen LogP contribution in [0, 0.1) is 11.8 Å². The standard InChI is InChI=1S/C88H172O17P2/c1-7-10-12-14-16-18-19-20-21-24-32-37-42-48-54-60-66-72-87(92)104-83(76-98-85(90)70-64-58-52-44-17-15-13-11-8-2)78-102-106(94,95)100-74-82(89)75-101-107(96,97)103-79-84(77-99-86(91)71-65-59-53-47-41-36-31-28-27-29-34-39-45-50-56-62-68-80(4)5)105-88(93)73-67-61-55-49-43-38-33-26-23-22-25-30-35-40-46-51-57-63-69-81(6)9-3/h80-84,89H,7-79H2,1-6H3,(H,94,95)(H,96,97)/t81?,82-,83+,84+/m0/s1. The number of aliphatic hydroxyl groups excluding tert-OH is 1. The molecule has 636 valence electrons. The first-order chi connectivity index (χ1) is 51.9. The molecule has 0 aliphatic rings. The van der Waals surface area contributed by atoms with Gasteiger partial charge in [0.25, 0.3) is 0 Å². The van der Waals surface area contributed by atoms with Gasteiger partial charge in [0.15, 0.2) is 12.2 Å². The number of esters is 4. The molecule has 0 aliphatic heterocycles. The monoisotopic (exact) mass is 1560 g/mol. The molecular formula is C88H172O17P2. The molecule has 0 spiro atoms. The van der Waals surface area contributed by atoms with Crippen LogP contribution in [0.1, 0.15) is 472 Å². The molecular weight excluding hydrogens is 1390 g/mol. The molecule has 0 fully saturated rings. The van der Waals surface area contributed by atoms with Gasteiger partial charge >= 0.3 is 39.5 Å². The van der Waals surface area contributed by atoms with Gasteiger partial charge in [0.2, 0.25) is 0 Å². The highest BCUT2D eigenvalue weighted by atomic mass is 31.2. The first kappa shape index (κ1) is 105. The third kappa shape index (κ3) is 80.5. The summed E-state index contributed by atoms with van der Waals surface area (Å²) in [5.74, 6) is -0.416. The molecule has 0 rings (SSSR count). The number of carbonyl (C=O) groups is 4. The zero-order valence-corrected chi connectivity index (χ0v) is 72.2. The number of phosphoric ester groups is 2. The number of hydrogen-bond donors (Lipinski definition) is 3. The number of hydrogen-bond acceptors (Lipinski definition) is 15. The molecule has 0 bridgehead atoms. The van der Waals surface area contributed by atoms with Crippen molar-refractivity contribution in [1.29, 1.82) is 0 Å². The van der Waals surface area contributed by atoms with Crippen LogP contribution in [0.4, 0.5) is 0 Å².